The summed E-state index contributed by atoms with van der Waals surface area (Å²) in [7, 11) is 2.24. The number of likely N-dealkylation sites (tertiary alicyclic amines) is 1. The van der Waals surface area contributed by atoms with Crippen LogP contribution < -0.4 is 9.64 Å². The molecule has 0 N–H and O–H groups in total. The first-order chi connectivity index (χ1) is 11.3. The fourth-order valence-electron chi connectivity index (χ4n) is 3.86. The molecule has 1 atom stereocenters. The Labute approximate surface area is 138 Å². The van der Waals surface area contributed by atoms with Crippen molar-refractivity contribution in [1.82, 2.24) is 4.90 Å². The molecule has 2 aliphatic heterocycles. The number of hydrogen-bond donors (Lipinski definition) is 0. The largest absolute Gasteiger partial charge is 0.487 e. The Balaban J connectivity index is 1.71. The summed E-state index contributed by atoms with van der Waals surface area (Å²) in [5.41, 5.74) is 3.77. The Morgan fingerprint density at radius 3 is 2.70 bits per heavy atom. The van der Waals surface area contributed by atoms with Gasteiger partial charge in [0, 0.05) is 24.3 Å². The van der Waals surface area contributed by atoms with Gasteiger partial charge < -0.3 is 14.5 Å². The lowest BCUT2D eigenvalue weighted by Crippen LogP contribution is -2.38. The van der Waals surface area contributed by atoms with Gasteiger partial charge in [-0.15, -0.1) is 0 Å². The van der Waals surface area contributed by atoms with Crippen molar-refractivity contribution in [2.45, 2.75) is 19.4 Å². The first-order valence-electron chi connectivity index (χ1n) is 8.57. The number of para-hydroxylation sites is 3. The van der Waals surface area contributed by atoms with E-state index in [4.69, 9.17) is 4.74 Å². The zero-order valence-electron chi connectivity index (χ0n) is 13.7. The van der Waals surface area contributed by atoms with Gasteiger partial charge in [0.2, 0.25) is 0 Å². The van der Waals surface area contributed by atoms with Gasteiger partial charge in [0.15, 0.2) is 0 Å². The van der Waals surface area contributed by atoms with E-state index in [2.05, 4.69) is 65.4 Å². The molecule has 0 aliphatic carbocycles. The van der Waals surface area contributed by atoms with Crippen LogP contribution in [0.2, 0.25) is 0 Å². The van der Waals surface area contributed by atoms with Gasteiger partial charge in [0.25, 0.3) is 0 Å². The van der Waals surface area contributed by atoms with E-state index < -0.39 is 0 Å². The van der Waals surface area contributed by atoms with Gasteiger partial charge in [-0.25, -0.2) is 0 Å². The Morgan fingerprint density at radius 1 is 1.04 bits per heavy atom. The minimum absolute atomic E-state index is 0.647. The van der Waals surface area contributed by atoms with Gasteiger partial charge in [-0.3, -0.25) is 0 Å². The van der Waals surface area contributed by atoms with Gasteiger partial charge in [-0.2, -0.15) is 0 Å². The Kier molecular flexibility index (Phi) is 3.96. The highest BCUT2D eigenvalue weighted by Gasteiger charge is 2.25. The number of rotatable bonds is 2. The molecule has 3 heteroatoms. The predicted octanol–water partition coefficient (Wildman–Crippen LogP) is 4.06. The summed E-state index contributed by atoms with van der Waals surface area (Å²) >= 11 is 0. The van der Waals surface area contributed by atoms with Crippen molar-refractivity contribution in [3.63, 3.8) is 0 Å². The standard InChI is InChI=1S/C20H24N2O/c1-21-12-6-7-16(13-21)14-22-18-9-3-2-8-17(18)15-23-20-11-5-4-10-19(20)22/h2-5,8-11,16H,6-7,12-15H2,1H3. The first-order valence-corrected chi connectivity index (χ1v) is 8.57. The second-order valence-electron chi connectivity index (χ2n) is 6.77. The second kappa shape index (κ2) is 6.25. The number of hydrogen-bond acceptors (Lipinski definition) is 3. The second-order valence-corrected chi connectivity index (χ2v) is 6.77. The molecule has 2 aliphatic rings. The quantitative estimate of drug-likeness (QED) is 0.832. The van der Waals surface area contributed by atoms with Crippen molar-refractivity contribution in [3.8, 4) is 5.75 Å². The lowest BCUT2D eigenvalue weighted by molar-refractivity contribution is 0.214. The summed E-state index contributed by atoms with van der Waals surface area (Å²) in [6.07, 6.45) is 2.61. The van der Waals surface area contributed by atoms with Crippen molar-refractivity contribution < 1.29 is 4.74 Å². The molecule has 3 nitrogen and oxygen atoms in total. The number of ether oxygens (including phenoxy) is 1. The molecule has 1 unspecified atom stereocenters. The van der Waals surface area contributed by atoms with Gasteiger partial charge in [0.1, 0.15) is 12.4 Å². The van der Waals surface area contributed by atoms with E-state index >= 15 is 0 Å². The van der Waals surface area contributed by atoms with Crippen molar-refractivity contribution >= 4 is 11.4 Å². The summed E-state index contributed by atoms with van der Waals surface area (Å²) in [5, 5.41) is 0. The summed E-state index contributed by atoms with van der Waals surface area (Å²) in [5.74, 6) is 1.70. The average Bonchev–Trinajstić information content (AvgIpc) is 2.73. The van der Waals surface area contributed by atoms with Crippen molar-refractivity contribution in [2.24, 2.45) is 5.92 Å². The van der Waals surface area contributed by atoms with E-state index in [1.165, 1.54) is 42.9 Å². The minimum Gasteiger partial charge on any atom is -0.487 e. The van der Waals surface area contributed by atoms with Crippen molar-refractivity contribution in [3.05, 3.63) is 54.1 Å². The molecule has 1 saturated heterocycles. The third-order valence-electron chi connectivity index (χ3n) is 4.98. The highest BCUT2D eigenvalue weighted by molar-refractivity contribution is 5.72. The van der Waals surface area contributed by atoms with Gasteiger partial charge in [-0.1, -0.05) is 30.3 Å². The maximum atomic E-state index is 6.06. The number of anilines is 2. The monoisotopic (exact) mass is 308 g/mol. The zero-order valence-corrected chi connectivity index (χ0v) is 13.7. The fraction of sp³-hybridized carbons (Fsp3) is 0.400. The van der Waals surface area contributed by atoms with Gasteiger partial charge in [-0.05, 0) is 50.6 Å². The van der Waals surface area contributed by atoms with E-state index in [1.54, 1.807) is 0 Å². The molecule has 0 saturated carbocycles. The van der Waals surface area contributed by atoms with Crippen LogP contribution in [0.5, 0.6) is 5.75 Å². The Bertz CT molecular complexity index is 637. The van der Waals surface area contributed by atoms with Gasteiger partial charge >= 0.3 is 0 Å². The Hall–Kier alpha value is -2.00. The predicted molar refractivity (Wildman–Crippen MR) is 94.4 cm³/mol. The van der Waals surface area contributed by atoms with E-state index in [-0.39, 0.29) is 0 Å². The zero-order chi connectivity index (χ0) is 15.6. The normalized spacial score (nSPS) is 21.1. The highest BCUT2D eigenvalue weighted by atomic mass is 16.5. The molecule has 0 radical (unpaired) electrons. The van der Waals surface area contributed by atoms with Gasteiger partial charge in [0.05, 0.1) is 5.69 Å². The van der Waals surface area contributed by atoms with Crippen molar-refractivity contribution in [2.75, 3.05) is 31.6 Å². The summed E-state index contributed by atoms with van der Waals surface area (Å²) in [6, 6.07) is 17.1. The van der Waals surface area contributed by atoms with Crippen LogP contribution in [0.3, 0.4) is 0 Å². The average molecular weight is 308 g/mol. The molecule has 0 amide bonds. The number of fused-ring (bicyclic) bond motifs is 2. The summed E-state index contributed by atoms with van der Waals surface area (Å²) < 4.78 is 6.06. The van der Waals surface area contributed by atoms with E-state index in [0.717, 1.165) is 12.3 Å². The fourth-order valence-corrected chi connectivity index (χ4v) is 3.86. The van der Waals surface area contributed by atoms with Crippen LogP contribution >= 0.6 is 0 Å². The molecule has 0 aromatic heterocycles. The molecule has 0 spiro atoms. The maximum absolute atomic E-state index is 6.06. The summed E-state index contributed by atoms with van der Waals surface area (Å²) in [6.45, 7) is 4.12. The van der Waals surface area contributed by atoms with E-state index in [1.807, 2.05) is 0 Å². The van der Waals surface area contributed by atoms with Crippen LogP contribution in [0.1, 0.15) is 18.4 Å². The molecule has 2 aromatic rings. The van der Waals surface area contributed by atoms with Crippen LogP contribution in [0.15, 0.2) is 48.5 Å². The molecule has 0 bridgehead atoms. The lowest BCUT2D eigenvalue weighted by atomic mass is 9.97. The number of nitrogens with zero attached hydrogens (tertiary/aromatic N) is 2. The molecule has 2 heterocycles. The number of piperidine rings is 1. The molecule has 23 heavy (non-hydrogen) atoms. The topological polar surface area (TPSA) is 15.7 Å². The molecular weight excluding hydrogens is 284 g/mol. The third kappa shape index (κ3) is 2.93. The highest BCUT2D eigenvalue weighted by Crippen LogP contribution is 2.40. The van der Waals surface area contributed by atoms with Crippen LogP contribution in [0.4, 0.5) is 11.4 Å². The van der Waals surface area contributed by atoms with Crippen LogP contribution in [0, 0.1) is 5.92 Å². The van der Waals surface area contributed by atoms with E-state index in [0.29, 0.717) is 12.5 Å². The summed E-state index contributed by atoms with van der Waals surface area (Å²) in [4.78, 5) is 4.93. The Morgan fingerprint density at radius 2 is 1.83 bits per heavy atom. The van der Waals surface area contributed by atoms with Crippen molar-refractivity contribution in [1.29, 1.82) is 0 Å². The lowest BCUT2D eigenvalue weighted by Gasteiger charge is -2.35. The van der Waals surface area contributed by atoms with Crippen LogP contribution in [-0.4, -0.2) is 31.6 Å². The molecule has 120 valence electrons. The first kappa shape index (κ1) is 14.6. The minimum atomic E-state index is 0.647. The van der Waals surface area contributed by atoms with Crippen LogP contribution in [-0.2, 0) is 6.61 Å². The molecule has 1 fully saturated rings. The SMILES string of the molecule is CN1CCCC(CN2c3ccccc3COc3ccccc32)C1. The third-order valence-corrected chi connectivity index (χ3v) is 4.98. The molecule has 4 rings (SSSR count). The smallest absolute Gasteiger partial charge is 0.143 e. The molecular formula is C20H24N2O. The molecule has 2 aromatic carbocycles. The van der Waals surface area contributed by atoms with Crippen LogP contribution in [0.25, 0.3) is 0 Å². The van der Waals surface area contributed by atoms with E-state index in [9.17, 15) is 0 Å². The number of benzene rings is 2. The maximum Gasteiger partial charge on any atom is 0.143 e.